The third-order valence-electron chi connectivity index (χ3n) is 2.67. The van der Waals surface area contributed by atoms with Crippen LogP contribution in [0.4, 0.5) is 0 Å². The van der Waals surface area contributed by atoms with Crippen molar-refractivity contribution in [3.8, 4) is 11.5 Å². The molecule has 0 bridgehead atoms. The van der Waals surface area contributed by atoms with Gasteiger partial charge in [0, 0.05) is 13.1 Å². The third kappa shape index (κ3) is 2.23. The molecule has 1 fully saturated rings. The van der Waals surface area contributed by atoms with Gasteiger partial charge in [-0.15, -0.1) is 0 Å². The number of benzene rings is 1. The molecule has 1 saturated heterocycles. The summed E-state index contributed by atoms with van der Waals surface area (Å²) in [4.78, 5) is 0. The lowest BCUT2D eigenvalue weighted by Crippen LogP contribution is -2.50. The largest absolute Gasteiger partial charge is 0.493 e. The van der Waals surface area contributed by atoms with E-state index >= 15 is 0 Å². The van der Waals surface area contributed by atoms with Gasteiger partial charge in [0.2, 0.25) is 0 Å². The Bertz CT molecular complexity index is 334. The molecule has 1 aromatic carbocycles. The maximum atomic E-state index is 5.78. The standard InChI is InChI=1S/C12H17NO2/c1-3-9-4-5-11(12(6-9)14-2)15-10-7-13-8-10/h4-6,10,13H,3,7-8H2,1-2H3. The fraction of sp³-hybridized carbons (Fsp3) is 0.500. The molecular formula is C12H17NO2. The van der Waals surface area contributed by atoms with Crippen LogP contribution in [-0.2, 0) is 6.42 Å². The van der Waals surface area contributed by atoms with E-state index in [1.807, 2.05) is 12.1 Å². The van der Waals surface area contributed by atoms with Gasteiger partial charge in [0.15, 0.2) is 11.5 Å². The molecule has 0 aromatic heterocycles. The van der Waals surface area contributed by atoms with Crippen LogP contribution >= 0.6 is 0 Å². The van der Waals surface area contributed by atoms with Crippen molar-refractivity contribution in [2.45, 2.75) is 19.4 Å². The minimum absolute atomic E-state index is 0.298. The van der Waals surface area contributed by atoms with E-state index in [1.54, 1.807) is 7.11 Å². The Hall–Kier alpha value is -1.22. The number of hydrogen-bond donors (Lipinski definition) is 1. The zero-order valence-electron chi connectivity index (χ0n) is 9.25. The molecular weight excluding hydrogens is 190 g/mol. The van der Waals surface area contributed by atoms with E-state index in [1.165, 1.54) is 5.56 Å². The fourth-order valence-corrected chi connectivity index (χ4v) is 1.55. The number of ether oxygens (including phenoxy) is 2. The molecule has 1 aliphatic rings. The van der Waals surface area contributed by atoms with Crippen LogP contribution in [0.5, 0.6) is 11.5 Å². The molecule has 1 heterocycles. The van der Waals surface area contributed by atoms with E-state index in [2.05, 4.69) is 18.3 Å². The highest BCUT2D eigenvalue weighted by Crippen LogP contribution is 2.29. The van der Waals surface area contributed by atoms with Gasteiger partial charge in [-0.3, -0.25) is 0 Å². The molecule has 0 atom stereocenters. The van der Waals surface area contributed by atoms with Crippen molar-refractivity contribution in [1.82, 2.24) is 5.32 Å². The van der Waals surface area contributed by atoms with Gasteiger partial charge < -0.3 is 14.8 Å². The minimum Gasteiger partial charge on any atom is -0.493 e. The average Bonchev–Trinajstić information content (AvgIpc) is 2.23. The van der Waals surface area contributed by atoms with Gasteiger partial charge in [-0.2, -0.15) is 0 Å². The molecule has 0 aliphatic carbocycles. The lowest BCUT2D eigenvalue weighted by molar-refractivity contribution is 0.137. The number of rotatable bonds is 4. The Balaban J connectivity index is 2.13. The van der Waals surface area contributed by atoms with Gasteiger partial charge in [-0.1, -0.05) is 13.0 Å². The summed E-state index contributed by atoms with van der Waals surface area (Å²) < 4.78 is 11.1. The molecule has 1 aliphatic heterocycles. The predicted molar refractivity (Wildman–Crippen MR) is 59.7 cm³/mol. The van der Waals surface area contributed by atoms with Crippen LogP contribution < -0.4 is 14.8 Å². The second-order valence-corrected chi connectivity index (χ2v) is 3.74. The molecule has 0 spiro atoms. The van der Waals surface area contributed by atoms with Crippen molar-refractivity contribution in [3.63, 3.8) is 0 Å². The zero-order valence-corrected chi connectivity index (χ0v) is 9.25. The fourth-order valence-electron chi connectivity index (χ4n) is 1.55. The summed E-state index contributed by atoms with van der Waals surface area (Å²) in [5, 5.41) is 3.18. The topological polar surface area (TPSA) is 30.5 Å². The summed E-state index contributed by atoms with van der Waals surface area (Å²) in [7, 11) is 1.68. The van der Waals surface area contributed by atoms with E-state index in [0.717, 1.165) is 31.0 Å². The summed E-state index contributed by atoms with van der Waals surface area (Å²) in [6.07, 6.45) is 1.31. The van der Waals surface area contributed by atoms with Crippen LogP contribution in [0.25, 0.3) is 0 Å². The summed E-state index contributed by atoms with van der Waals surface area (Å²) in [6, 6.07) is 6.13. The van der Waals surface area contributed by atoms with E-state index in [-0.39, 0.29) is 0 Å². The SMILES string of the molecule is CCc1ccc(OC2CNC2)c(OC)c1. The van der Waals surface area contributed by atoms with Crippen LogP contribution in [0.3, 0.4) is 0 Å². The van der Waals surface area contributed by atoms with Gasteiger partial charge in [-0.05, 0) is 24.1 Å². The summed E-state index contributed by atoms with van der Waals surface area (Å²) >= 11 is 0. The summed E-state index contributed by atoms with van der Waals surface area (Å²) in [5.41, 5.74) is 1.27. The van der Waals surface area contributed by atoms with Crippen molar-refractivity contribution < 1.29 is 9.47 Å². The third-order valence-corrected chi connectivity index (χ3v) is 2.67. The van der Waals surface area contributed by atoms with Crippen molar-refractivity contribution in [2.24, 2.45) is 0 Å². The highest BCUT2D eigenvalue weighted by molar-refractivity contribution is 5.43. The Labute approximate surface area is 90.4 Å². The zero-order chi connectivity index (χ0) is 10.7. The first-order chi connectivity index (χ1) is 7.33. The van der Waals surface area contributed by atoms with Crippen LogP contribution in [0.2, 0.25) is 0 Å². The molecule has 3 heteroatoms. The van der Waals surface area contributed by atoms with Crippen molar-refractivity contribution >= 4 is 0 Å². The van der Waals surface area contributed by atoms with E-state index in [4.69, 9.17) is 9.47 Å². The monoisotopic (exact) mass is 207 g/mol. The van der Waals surface area contributed by atoms with Gasteiger partial charge >= 0.3 is 0 Å². The smallest absolute Gasteiger partial charge is 0.161 e. The van der Waals surface area contributed by atoms with Crippen molar-refractivity contribution in [2.75, 3.05) is 20.2 Å². The van der Waals surface area contributed by atoms with Gasteiger partial charge in [-0.25, -0.2) is 0 Å². The minimum atomic E-state index is 0.298. The van der Waals surface area contributed by atoms with Crippen molar-refractivity contribution in [3.05, 3.63) is 23.8 Å². The number of methoxy groups -OCH3 is 1. The Morgan fingerprint density at radius 1 is 1.33 bits per heavy atom. The van der Waals surface area contributed by atoms with Crippen LogP contribution in [0.1, 0.15) is 12.5 Å². The molecule has 0 radical (unpaired) electrons. The molecule has 1 aromatic rings. The first kappa shape index (κ1) is 10.3. The van der Waals surface area contributed by atoms with E-state index < -0.39 is 0 Å². The molecule has 15 heavy (non-hydrogen) atoms. The molecule has 0 saturated carbocycles. The molecule has 2 rings (SSSR count). The second-order valence-electron chi connectivity index (χ2n) is 3.74. The van der Waals surface area contributed by atoms with E-state index in [9.17, 15) is 0 Å². The van der Waals surface area contributed by atoms with E-state index in [0.29, 0.717) is 6.10 Å². The number of aryl methyl sites for hydroxylation is 1. The van der Waals surface area contributed by atoms with Gasteiger partial charge in [0.05, 0.1) is 7.11 Å². The molecule has 0 unspecified atom stereocenters. The normalized spacial score (nSPS) is 15.9. The van der Waals surface area contributed by atoms with Crippen molar-refractivity contribution in [1.29, 1.82) is 0 Å². The van der Waals surface area contributed by atoms with Crippen LogP contribution in [0, 0.1) is 0 Å². The molecule has 3 nitrogen and oxygen atoms in total. The Morgan fingerprint density at radius 3 is 2.67 bits per heavy atom. The predicted octanol–water partition coefficient (Wildman–Crippen LogP) is 1.61. The molecule has 0 amide bonds. The highest BCUT2D eigenvalue weighted by Gasteiger charge is 2.19. The Morgan fingerprint density at radius 2 is 2.13 bits per heavy atom. The number of nitrogens with one attached hydrogen (secondary N) is 1. The van der Waals surface area contributed by atoms with Gasteiger partial charge in [0.1, 0.15) is 6.10 Å². The van der Waals surface area contributed by atoms with Gasteiger partial charge in [0.25, 0.3) is 0 Å². The van der Waals surface area contributed by atoms with Crippen LogP contribution in [-0.4, -0.2) is 26.3 Å². The summed E-state index contributed by atoms with van der Waals surface area (Å²) in [5.74, 6) is 1.68. The second kappa shape index (κ2) is 4.53. The Kier molecular flexibility index (Phi) is 3.11. The molecule has 1 N–H and O–H groups in total. The number of hydrogen-bond acceptors (Lipinski definition) is 3. The quantitative estimate of drug-likeness (QED) is 0.813. The summed E-state index contributed by atoms with van der Waals surface area (Å²) in [6.45, 7) is 3.99. The molecule has 82 valence electrons. The lowest BCUT2D eigenvalue weighted by atomic mass is 10.1. The lowest BCUT2D eigenvalue weighted by Gasteiger charge is -2.28. The highest BCUT2D eigenvalue weighted by atomic mass is 16.5. The first-order valence-electron chi connectivity index (χ1n) is 5.37. The maximum Gasteiger partial charge on any atom is 0.161 e. The van der Waals surface area contributed by atoms with Crippen LogP contribution in [0.15, 0.2) is 18.2 Å². The first-order valence-corrected chi connectivity index (χ1v) is 5.37. The maximum absolute atomic E-state index is 5.78. The average molecular weight is 207 g/mol.